The first-order chi connectivity index (χ1) is 6.35. The summed E-state index contributed by atoms with van der Waals surface area (Å²) in [5.41, 5.74) is 1.79. The molecule has 0 unspecified atom stereocenters. The second-order valence-electron chi connectivity index (χ2n) is 2.84. The standard InChI is InChI=1S/C10H11NO2/c1-3-9-8-5-4-7(12-2)6-10(8)13-11-9/h4-6H,3H2,1-2H3. The van der Waals surface area contributed by atoms with Crippen LogP contribution in [0.2, 0.25) is 0 Å². The van der Waals surface area contributed by atoms with Crippen LogP contribution < -0.4 is 4.74 Å². The molecular weight excluding hydrogens is 166 g/mol. The molecule has 0 bridgehead atoms. The van der Waals surface area contributed by atoms with Gasteiger partial charge in [-0.25, -0.2) is 0 Å². The van der Waals surface area contributed by atoms with E-state index in [2.05, 4.69) is 12.1 Å². The van der Waals surface area contributed by atoms with Crippen LogP contribution in [-0.2, 0) is 6.42 Å². The number of nitrogens with zero attached hydrogens (tertiary/aromatic N) is 1. The second-order valence-corrected chi connectivity index (χ2v) is 2.84. The summed E-state index contributed by atoms with van der Waals surface area (Å²) >= 11 is 0. The Morgan fingerprint density at radius 1 is 1.46 bits per heavy atom. The number of aryl methyl sites for hydroxylation is 1. The van der Waals surface area contributed by atoms with E-state index in [-0.39, 0.29) is 0 Å². The molecule has 1 aromatic carbocycles. The highest BCUT2D eigenvalue weighted by atomic mass is 16.5. The predicted molar refractivity (Wildman–Crippen MR) is 49.9 cm³/mol. The molecule has 68 valence electrons. The van der Waals surface area contributed by atoms with E-state index in [0.717, 1.165) is 28.8 Å². The molecule has 0 N–H and O–H groups in total. The molecule has 0 aliphatic heterocycles. The molecule has 0 atom stereocenters. The van der Waals surface area contributed by atoms with Crippen molar-refractivity contribution >= 4 is 11.0 Å². The number of ether oxygens (including phenoxy) is 1. The maximum absolute atomic E-state index is 5.15. The quantitative estimate of drug-likeness (QED) is 0.706. The molecule has 2 aromatic rings. The topological polar surface area (TPSA) is 35.3 Å². The Morgan fingerprint density at radius 2 is 2.31 bits per heavy atom. The number of fused-ring (bicyclic) bond motifs is 1. The van der Waals surface area contributed by atoms with Gasteiger partial charge < -0.3 is 9.26 Å². The molecule has 1 heterocycles. The highest BCUT2D eigenvalue weighted by Crippen LogP contribution is 2.23. The van der Waals surface area contributed by atoms with E-state index in [0.29, 0.717) is 0 Å². The average molecular weight is 177 g/mol. The number of benzene rings is 1. The summed E-state index contributed by atoms with van der Waals surface area (Å²) in [6.07, 6.45) is 0.888. The summed E-state index contributed by atoms with van der Waals surface area (Å²) in [5.74, 6) is 0.798. The number of aromatic nitrogens is 1. The van der Waals surface area contributed by atoms with Crippen LogP contribution in [0, 0.1) is 0 Å². The van der Waals surface area contributed by atoms with Gasteiger partial charge in [-0.05, 0) is 18.6 Å². The van der Waals surface area contributed by atoms with Gasteiger partial charge in [0.1, 0.15) is 5.75 Å². The maximum atomic E-state index is 5.15. The molecule has 0 aliphatic rings. The van der Waals surface area contributed by atoms with Crippen LogP contribution in [0.3, 0.4) is 0 Å². The van der Waals surface area contributed by atoms with Gasteiger partial charge in [0.2, 0.25) is 0 Å². The third kappa shape index (κ3) is 1.26. The number of methoxy groups -OCH3 is 1. The lowest BCUT2D eigenvalue weighted by molar-refractivity contribution is 0.411. The van der Waals surface area contributed by atoms with Crippen molar-refractivity contribution < 1.29 is 9.26 Å². The van der Waals surface area contributed by atoms with Gasteiger partial charge in [-0.1, -0.05) is 12.1 Å². The average Bonchev–Trinajstić information content (AvgIpc) is 2.59. The minimum atomic E-state index is 0.788. The van der Waals surface area contributed by atoms with Crippen LogP contribution in [0.1, 0.15) is 12.6 Å². The van der Waals surface area contributed by atoms with Gasteiger partial charge in [-0.15, -0.1) is 0 Å². The first-order valence-electron chi connectivity index (χ1n) is 4.27. The normalized spacial score (nSPS) is 10.6. The minimum Gasteiger partial charge on any atom is -0.497 e. The molecule has 0 radical (unpaired) electrons. The SMILES string of the molecule is CCc1noc2cc(OC)ccc12. The van der Waals surface area contributed by atoms with Gasteiger partial charge in [0.25, 0.3) is 0 Å². The number of rotatable bonds is 2. The molecule has 0 saturated carbocycles. The van der Waals surface area contributed by atoms with Gasteiger partial charge in [0.05, 0.1) is 12.8 Å². The lowest BCUT2D eigenvalue weighted by atomic mass is 10.2. The van der Waals surface area contributed by atoms with Crippen molar-refractivity contribution in [2.45, 2.75) is 13.3 Å². The zero-order chi connectivity index (χ0) is 9.26. The molecule has 13 heavy (non-hydrogen) atoms. The van der Waals surface area contributed by atoms with Crippen LogP contribution in [0.4, 0.5) is 0 Å². The summed E-state index contributed by atoms with van der Waals surface area (Å²) in [6, 6.07) is 5.74. The van der Waals surface area contributed by atoms with Crippen LogP contribution in [0.15, 0.2) is 22.7 Å². The third-order valence-corrected chi connectivity index (χ3v) is 2.09. The molecular formula is C10H11NO2. The first kappa shape index (κ1) is 8.10. The summed E-state index contributed by atoms with van der Waals surface area (Å²) in [7, 11) is 1.64. The lowest BCUT2D eigenvalue weighted by Crippen LogP contribution is -1.82. The Bertz CT molecular complexity index is 420. The highest BCUT2D eigenvalue weighted by molar-refractivity contribution is 5.80. The van der Waals surface area contributed by atoms with Crippen molar-refractivity contribution in [2.24, 2.45) is 0 Å². The zero-order valence-electron chi connectivity index (χ0n) is 7.70. The largest absolute Gasteiger partial charge is 0.497 e. The van der Waals surface area contributed by atoms with Crippen molar-refractivity contribution in [1.29, 1.82) is 0 Å². The van der Waals surface area contributed by atoms with Crippen molar-refractivity contribution in [1.82, 2.24) is 5.16 Å². The molecule has 0 aliphatic carbocycles. The molecule has 3 heteroatoms. The molecule has 0 spiro atoms. The van der Waals surface area contributed by atoms with E-state index in [1.54, 1.807) is 7.11 Å². The number of hydrogen-bond donors (Lipinski definition) is 0. The third-order valence-electron chi connectivity index (χ3n) is 2.09. The monoisotopic (exact) mass is 177 g/mol. The molecule has 3 nitrogen and oxygen atoms in total. The predicted octanol–water partition coefficient (Wildman–Crippen LogP) is 2.40. The Labute approximate surface area is 76.3 Å². The minimum absolute atomic E-state index is 0.788. The zero-order valence-corrected chi connectivity index (χ0v) is 7.70. The Morgan fingerprint density at radius 3 is 3.00 bits per heavy atom. The van der Waals surface area contributed by atoms with Gasteiger partial charge in [-0.2, -0.15) is 0 Å². The smallest absolute Gasteiger partial charge is 0.170 e. The van der Waals surface area contributed by atoms with Gasteiger partial charge >= 0.3 is 0 Å². The van der Waals surface area contributed by atoms with E-state index in [1.807, 2.05) is 18.2 Å². The molecule has 0 fully saturated rings. The Balaban J connectivity index is 2.61. The fourth-order valence-corrected chi connectivity index (χ4v) is 1.35. The Kier molecular flexibility index (Phi) is 1.93. The highest BCUT2D eigenvalue weighted by Gasteiger charge is 2.06. The summed E-state index contributed by atoms with van der Waals surface area (Å²) < 4.78 is 10.2. The van der Waals surface area contributed by atoms with E-state index >= 15 is 0 Å². The Hall–Kier alpha value is -1.51. The summed E-state index contributed by atoms with van der Waals surface area (Å²) in [4.78, 5) is 0. The molecule has 2 rings (SSSR count). The van der Waals surface area contributed by atoms with Crippen molar-refractivity contribution in [3.8, 4) is 5.75 Å². The van der Waals surface area contributed by atoms with Gasteiger partial charge in [0.15, 0.2) is 5.58 Å². The van der Waals surface area contributed by atoms with Crippen molar-refractivity contribution in [3.05, 3.63) is 23.9 Å². The number of hydrogen-bond acceptors (Lipinski definition) is 3. The lowest BCUT2D eigenvalue weighted by Gasteiger charge is -1.96. The van der Waals surface area contributed by atoms with Gasteiger partial charge in [0, 0.05) is 11.5 Å². The van der Waals surface area contributed by atoms with E-state index in [9.17, 15) is 0 Å². The summed E-state index contributed by atoms with van der Waals surface area (Å²) in [5, 5.41) is 5.03. The second kappa shape index (κ2) is 3.09. The molecule has 0 saturated heterocycles. The maximum Gasteiger partial charge on any atom is 0.170 e. The molecule has 0 amide bonds. The van der Waals surface area contributed by atoms with Crippen LogP contribution in [-0.4, -0.2) is 12.3 Å². The van der Waals surface area contributed by atoms with E-state index in [1.165, 1.54) is 0 Å². The van der Waals surface area contributed by atoms with Gasteiger partial charge in [-0.3, -0.25) is 0 Å². The fourth-order valence-electron chi connectivity index (χ4n) is 1.35. The fraction of sp³-hybridized carbons (Fsp3) is 0.300. The molecule has 1 aromatic heterocycles. The summed E-state index contributed by atoms with van der Waals surface area (Å²) in [6.45, 7) is 2.06. The van der Waals surface area contributed by atoms with E-state index < -0.39 is 0 Å². The van der Waals surface area contributed by atoms with Crippen LogP contribution in [0.5, 0.6) is 5.75 Å². The van der Waals surface area contributed by atoms with E-state index in [4.69, 9.17) is 9.26 Å². The van der Waals surface area contributed by atoms with Crippen LogP contribution in [0.25, 0.3) is 11.0 Å². The van der Waals surface area contributed by atoms with Crippen molar-refractivity contribution in [3.63, 3.8) is 0 Å². The first-order valence-corrected chi connectivity index (χ1v) is 4.27. The van der Waals surface area contributed by atoms with Crippen LogP contribution >= 0.6 is 0 Å². The van der Waals surface area contributed by atoms with Crippen molar-refractivity contribution in [2.75, 3.05) is 7.11 Å².